The molecular weight excluding hydrogens is 376 g/mol. The molecule has 0 unspecified atom stereocenters. The first-order valence-corrected chi connectivity index (χ1v) is 10.3. The van der Waals surface area contributed by atoms with Gasteiger partial charge in [-0.15, -0.1) is 11.3 Å². The van der Waals surface area contributed by atoms with E-state index in [1.54, 1.807) is 29.6 Å². The van der Waals surface area contributed by atoms with Crippen molar-refractivity contribution >= 4 is 39.2 Å². The third-order valence-corrected chi connectivity index (χ3v) is 6.24. The zero-order valence-corrected chi connectivity index (χ0v) is 17.1. The molecule has 1 atom stereocenters. The summed E-state index contributed by atoms with van der Waals surface area (Å²) < 4.78 is 0. The molecule has 0 aliphatic rings. The maximum atomic E-state index is 12.6. The normalized spacial score (nSPS) is 11.9. The van der Waals surface area contributed by atoms with Crippen LogP contribution in [0.1, 0.15) is 18.9 Å². The number of rotatable bonds is 6. The van der Waals surface area contributed by atoms with Gasteiger partial charge in [0, 0.05) is 24.5 Å². The van der Waals surface area contributed by atoms with E-state index in [0.29, 0.717) is 13.0 Å². The molecule has 0 fully saturated rings. The SMILES string of the molecule is Cc1ccc(-c2csc3ncnc(S[C@H](C)C(=O)N(C)CCC#N)c23)cc1. The molecule has 0 bridgehead atoms. The van der Waals surface area contributed by atoms with Crippen LogP contribution in [-0.2, 0) is 4.79 Å². The first-order chi connectivity index (χ1) is 13.0. The molecule has 1 amide bonds. The van der Waals surface area contributed by atoms with Crippen LogP contribution in [0.4, 0.5) is 0 Å². The molecule has 0 spiro atoms. The van der Waals surface area contributed by atoms with E-state index >= 15 is 0 Å². The summed E-state index contributed by atoms with van der Waals surface area (Å²) in [6.45, 7) is 4.38. The average molecular weight is 397 g/mol. The number of aryl methyl sites for hydroxylation is 1. The van der Waals surface area contributed by atoms with Crippen molar-refractivity contribution < 1.29 is 4.79 Å². The van der Waals surface area contributed by atoms with E-state index in [1.165, 1.54) is 17.3 Å². The van der Waals surface area contributed by atoms with Gasteiger partial charge in [0.25, 0.3) is 0 Å². The minimum atomic E-state index is -0.294. The van der Waals surface area contributed by atoms with Crippen molar-refractivity contribution in [2.75, 3.05) is 13.6 Å². The van der Waals surface area contributed by atoms with Crippen molar-refractivity contribution in [3.63, 3.8) is 0 Å². The van der Waals surface area contributed by atoms with E-state index < -0.39 is 0 Å². The van der Waals surface area contributed by atoms with Crippen LogP contribution >= 0.6 is 23.1 Å². The minimum absolute atomic E-state index is 0.00544. The van der Waals surface area contributed by atoms with Crippen LogP contribution in [0.25, 0.3) is 21.3 Å². The monoisotopic (exact) mass is 396 g/mol. The van der Waals surface area contributed by atoms with E-state index in [0.717, 1.165) is 26.4 Å². The fourth-order valence-corrected chi connectivity index (χ4v) is 4.77. The molecular formula is C20H20N4OS2. The molecule has 138 valence electrons. The lowest BCUT2D eigenvalue weighted by atomic mass is 10.1. The second-order valence-electron chi connectivity index (χ2n) is 6.30. The predicted octanol–water partition coefficient (Wildman–Crippen LogP) is 4.52. The van der Waals surface area contributed by atoms with E-state index in [1.807, 2.05) is 6.92 Å². The number of aromatic nitrogens is 2. The van der Waals surface area contributed by atoms with Crippen molar-refractivity contribution in [2.24, 2.45) is 0 Å². The summed E-state index contributed by atoms with van der Waals surface area (Å²) in [7, 11) is 1.73. The van der Waals surface area contributed by atoms with Crippen molar-refractivity contribution in [2.45, 2.75) is 30.5 Å². The van der Waals surface area contributed by atoms with Crippen LogP contribution in [0.15, 0.2) is 41.0 Å². The smallest absolute Gasteiger partial charge is 0.235 e. The summed E-state index contributed by atoms with van der Waals surface area (Å²) in [5.74, 6) is -0.00544. The summed E-state index contributed by atoms with van der Waals surface area (Å²) in [6, 6.07) is 10.4. The van der Waals surface area contributed by atoms with Gasteiger partial charge >= 0.3 is 0 Å². The standard InChI is InChI=1S/C20H20N4OS2/c1-13-5-7-15(8-6-13)16-11-26-18-17(16)19(23-12-22-18)27-14(2)20(25)24(3)10-4-9-21/h5-8,11-12,14H,4,10H2,1-3H3/t14-/m1/s1. The van der Waals surface area contributed by atoms with Gasteiger partial charge in [-0.3, -0.25) is 4.79 Å². The third-order valence-electron chi connectivity index (χ3n) is 4.27. The van der Waals surface area contributed by atoms with Crippen LogP contribution in [0.5, 0.6) is 0 Å². The maximum absolute atomic E-state index is 12.6. The molecule has 7 heteroatoms. The van der Waals surface area contributed by atoms with Crippen molar-refractivity contribution in [1.29, 1.82) is 5.26 Å². The summed E-state index contributed by atoms with van der Waals surface area (Å²) >= 11 is 3.03. The molecule has 3 aromatic rings. The zero-order chi connectivity index (χ0) is 19.4. The second-order valence-corrected chi connectivity index (χ2v) is 8.49. The number of hydrogen-bond acceptors (Lipinski definition) is 6. The van der Waals surface area contributed by atoms with Gasteiger partial charge in [0.2, 0.25) is 5.91 Å². The van der Waals surface area contributed by atoms with Gasteiger partial charge in [0.05, 0.1) is 23.1 Å². The summed E-state index contributed by atoms with van der Waals surface area (Å²) in [6.07, 6.45) is 1.89. The number of fused-ring (bicyclic) bond motifs is 1. The Bertz CT molecular complexity index is 991. The van der Waals surface area contributed by atoms with Gasteiger partial charge < -0.3 is 4.90 Å². The number of nitriles is 1. The van der Waals surface area contributed by atoms with Crippen LogP contribution < -0.4 is 0 Å². The molecule has 5 nitrogen and oxygen atoms in total. The van der Waals surface area contributed by atoms with E-state index in [-0.39, 0.29) is 11.2 Å². The Morgan fingerprint density at radius 3 is 2.78 bits per heavy atom. The highest BCUT2D eigenvalue weighted by molar-refractivity contribution is 8.00. The molecule has 0 aliphatic heterocycles. The summed E-state index contributed by atoms with van der Waals surface area (Å²) in [5.41, 5.74) is 3.42. The highest BCUT2D eigenvalue weighted by Gasteiger charge is 2.22. The molecule has 27 heavy (non-hydrogen) atoms. The van der Waals surface area contributed by atoms with E-state index in [9.17, 15) is 4.79 Å². The van der Waals surface area contributed by atoms with Gasteiger partial charge in [-0.05, 0) is 19.4 Å². The third kappa shape index (κ3) is 4.29. The number of thiophene rings is 1. The lowest BCUT2D eigenvalue weighted by Crippen LogP contribution is -2.33. The zero-order valence-electron chi connectivity index (χ0n) is 15.5. The molecule has 2 aromatic heterocycles. The highest BCUT2D eigenvalue weighted by atomic mass is 32.2. The second kappa shape index (κ2) is 8.51. The highest BCUT2D eigenvalue weighted by Crippen LogP contribution is 2.39. The molecule has 2 heterocycles. The number of thioether (sulfide) groups is 1. The lowest BCUT2D eigenvalue weighted by Gasteiger charge is -2.20. The van der Waals surface area contributed by atoms with Crippen molar-refractivity contribution in [3.05, 3.63) is 41.5 Å². The van der Waals surface area contributed by atoms with Crippen LogP contribution in [0, 0.1) is 18.3 Å². The number of carbonyl (C=O) groups is 1. The number of carbonyl (C=O) groups excluding carboxylic acids is 1. The van der Waals surface area contributed by atoms with Crippen LogP contribution in [-0.4, -0.2) is 39.6 Å². The van der Waals surface area contributed by atoms with Gasteiger partial charge in [-0.2, -0.15) is 5.26 Å². The summed E-state index contributed by atoms with van der Waals surface area (Å²) in [5, 5.41) is 12.3. The molecule has 0 radical (unpaired) electrons. The van der Waals surface area contributed by atoms with Gasteiger partial charge in [0.1, 0.15) is 16.2 Å². The van der Waals surface area contributed by atoms with E-state index in [2.05, 4.69) is 52.6 Å². The Balaban J connectivity index is 1.91. The molecule has 1 aromatic carbocycles. The first kappa shape index (κ1) is 19.3. The number of amides is 1. The Kier molecular flexibility index (Phi) is 6.09. The van der Waals surface area contributed by atoms with Crippen molar-refractivity contribution in [1.82, 2.24) is 14.9 Å². The fourth-order valence-electron chi connectivity index (χ4n) is 2.74. The van der Waals surface area contributed by atoms with E-state index in [4.69, 9.17) is 5.26 Å². The Hall–Kier alpha value is -2.43. The maximum Gasteiger partial charge on any atom is 0.235 e. The van der Waals surface area contributed by atoms with Gasteiger partial charge in [0.15, 0.2) is 0 Å². The van der Waals surface area contributed by atoms with Crippen molar-refractivity contribution in [3.8, 4) is 17.2 Å². The molecule has 0 saturated heterocycles. The Morgan fingerprint density at radius 1 is 1.33 bits per heavy atom. The van der Waals surface area contributed by atoms with Gasteiger partial charge in [-0.1, -0.05) is 41.6 Å². The quantitative estimate of drug-likeness (QED) is 0.453. The average Bonchev–Trinajstić information content (AvgIpc) is 3.11. The van der Waals surface area contributed by atoms with Gasteiger partial charge in [-0.25, -0.2) is 9.97 Å². The number of hydrogen-bond donors (Lipinski definition) is 0. The summed E-state index contributed by atoms with van der Waals surface area (Å²) in [4.78, 5) is 24.0. The molecule has 0 saturated carbocycles. The van der Waals surface area contributed by atoms with Crippen LogP contribution in [0.2, 0.25) is 0 Å². The Morgan fingerprint density at radius 2 is 2.07 bits per heavy atom. The first-order valence-electron chi connectivity index (χ1n) is 8.59. The predicted molar refractivity (Wildman–Crippen MR) is 111 cm³/mol. The number of nitrogens with zero attached hydrogens (tertiary/aromatic N) is 4. The topological polar surface area (TPSA) is 69.9 Å². The molecule has 3 rings (SSSR count). The lowest BCUT2D eigenvalue weighted by molar-refractivity contribution is -0.128. The largest absolute Gasteiger partial charge is 0.344 e. The minimum Gasteiger partial charge on any atom is -0.344 e. The number of benzene rings is 1. The molecule has 0 N–H and O–H groups in total. The fraction of sp³-hybridized carbons (Fsp3) is 0.300. The Labute approximate surface area is 167 Å². The van der Waals surface area contributed by atoms with Crippen LogP contribution in [0.3, 0.4) is 0 Å². The molecule has 0 aliphatic carbocycles.